The molecule has 1 fully saturated rings. The Morgan fingerprint density at radius 3 is 2.60 bits per heavy atom. The van der Waals surface area contributed by atoms with Crippen LogP contribution in [0.2, 0.25) is 0 Å². The number of carbonyl (C=O) groups is 1. The zero-order valence-electron chi connectivity index (χ0n) is 14.8. The maximum absolute atomic E-state index is 12.7. The molecule has 3 rings (SSSR count). The number of carbonyl (C=O) groups excluding carboxylic acids is 1. The van der Waals surface area contributed by atoms with Crippen LogP contribution in [0.1, 0.15) is 39.8 Å². The fourth-order valence-corrected chi connectivity index (χ4v) is 6.36. The van der Waals surface area contributed by atoms with Gasteiger partial charge >= 0.3 is 0 Å². The molecule has 2 heterocycles. The van der Waals surface area contributed by atoms with Crippen molar-refractivity contribution in [1.82, 2.24) is 10.3 Å². The van der Waals surface area contributed by atoms with Crippen molar-refractivity contribution in [2.45, 2.75) is 39.7 Å². The van der Waals surface area contributed by atoms with Crippen molar-refractivity contribution in [2.24, 2.45) is 0 Å². The maximum Gasteiger partial charge on any atom is 0.263 e. The lowest BCUT2D eigenvalue weighted by atomic mass is 10.0. The van der Waals surface area contributed by atoms with Crippen molar-refractivity contribution < 1.29 is 13.2 Å². The lowest BCUT2D eigenvalue weighted by molar-refractivity contribution is 0.0919. The second-order valence-electron chi connectivity index (χ2n) is 7.11. The number of amides is 1. The average molecular weight is 379 g/mol. The van der Waals surface area contributed by atoms with Gasteiger partial charge in [-0.05, 0) is 39.7 Å². The molecular weight excluding hydrogens is 356 g/mol. The highest BCUT2D eigenvalue weighted by atomic mass is 32.2. The van der Waals surface area contributed by atoms with Crippen LogP contribution >= 0.6 is 11.3 Å². The number of rotatable bonds is 3. The maximum atomic E-state index is 12.7. The molecule has 1 aromatic carbocycles. The van der Waals surface area contributed by atoms with E-state index in [4.69, 9.17) is 0 Å². The Morgan fingerprint density at radius 2 is 2.00 bits per heavy atom. The second kappa shape index (κ2) is 6.21. The summed E-state index contributed by atoms with van der Waals surface area (Å²) in [5.41, 5.74) is 3.29. The molecule has 1 aliphatic rings. The first-order valence-electron chi connectivity index (χ1n) is 8.17. The average Bonchev–Trinajstić information content (AvgIpc) is 2.98. The molecule has 1 atom stereocenters. The van der Waals surface area contributed by atoms with Crippen molar-refractivity contribution in [3.8, 4) is 10.6 Å². The van der Waals surface area contributed by atoms with Crippen LogP contribution < -0.4 is 5.32 Å². The van der Waals surface area contributed by atoms with Crippen LogP contribution in [0.4, 0.5) is 0 Å². The smallest absolute Gasteiger partial charge is 0.263 e. The van der Waals surface area contributed by atoms with E-state index in [2.05, 4.69) is 16.4 Å². The first kappa shape index (κ1) is 18.1. The van der Waals surface area contributed by atoms with Crippen molar-refractivity contribution in [1.29, 1.82) is 0 Å². The summed E-state index contributed by atoms with van der Waals surface area (Å²) >= 11 is 1.35. The molecule has 1 N–H and O–H groups in total. The summed E-state index contributed by atoms with van der Waals surface area (Å²) in [5.74, 6) is -0.127. The third-order valence-electron chi connectivity index (χ3n) is 4.53. The number of thiazole rings is 1. The fourth-order valence-electron chi connectivity index (χ4n) is 3.22. The van der Waals surface area contributed by atoms with E-state index >= 15 is 0 Å². The minimum atomic E-state index is -3.07. The highest BCUT2D eigenvalue weighted by Crippen LogP contribution is 2.31. The Labute approximate surface area is 152 Å². The lowest BCUT2D eigenvalue weighted by Gasteiger charge is -2.23. The van der Waals surface area contributed by atoms with E-state index in [-0.39, 0.29) is 17.4 Å². The number of aromatic nitrogens is 1. The molecule has 0 bridgehead atoms. The molecule has 0 spiro atoms. The van der Waals surface area contributed by atoms with E-state index < -0.39 is 15.4 Å². The van der Waals surface area contributed by atoms with Crippen molar-refractivity contribution in [3.05, 3.63) is 39.9 Å². The first-order chi connectivity index (χ1) is 11.6. The van der Waals surface area contributed by atoms with Gasteiger partial charge in [0.1, 0.15) is 9.88 Å². The molecule has 1 amide bonds. The summed E-state index contributed by atoms with van der Waals surface area (Å²) in [4.78, 5) is 17.8. The largest absolute Gasteiger partial charge is 0.345 e. The number of hydrogen-bond donors (Lipinski definition) is 1. The summed E-state index contributed by atoms with van der Waals surface area (Å²) < 4.78 is 23.4. The van der Waals surface area contributed by atoms with Gasteiger partial charge in [0, 0.05) is 5.56 Å². The molecule has 5 nitrogen and oxygen atoms in total. The number of aryl methyl sites for hydroxylation is 3. The zero-order valence-corrected chi connectivity index (χ0v) is 16.5. The standard InChI is InChI=1S/C18H22N2O3S2/c1-11-5-6-14(12(2)9-11)17-19-13(3)15(24-17)16(21)20-18(4)7-8-25(22,23)10-18/h5-6,9H,7-8,10H2,1-4H3,(H,20,21)/t18-/m0/s1. The normalized spacial score (nSPS) is 22.1. The molecule has 1 aliphatic heterocycles. The summed E-state index contributed by atoms with van der Waals surface area (Å²) in [7, 11) is -3.07. The van der Waals surface area contributed by atoms with E-state index in [1.54, 1.807) is 6.92 Å². The van der Waals surface area contributed by atoms with Crippen LogP contribution in [-0.2, 0) is 9.84 Å². The van der Waals surface area contributed by atoms with E-state index in [9.17, 15) is 13.2 Å². The number of sulfone groups is 1. The molecule has 1 saturated heterocycles. The van der Waals surface area contributed by atoms with Gasteiger partial charge in [-0.25, -0.2) is 13.4 Å². The van der Waals surface area contributed by atoms with Crippen LogP contribution in [0.15, 0.2) is 18.2 Å². The topological polar surface area (TPSA) is 76.1 Å². The minimum absolute atomic E-state index is 0.00643. The number of nitrogens with zero attached hydrogens (tertiary/aromatic N) is 1. The van der Waals surface area contributed by atoms with E-state index in [1.807, 2.05) is 32.9 Å². The van der Waals surface area contributed by atoms with Crippen molar-refractivity contribution in [2.75, 3.05) is 11.5 Å². The van der Waals surface area contributed by atoms with Gasteiger partial charge in [0.2, 0.25) is 0 Å². The Hall–Kier alpha value is -1.73. The van der Waals surface area contributed by atoms with Crippen molar-refractivity contribution in [3.63, 3.8) is 0 Å². The summed E-state index contributed by atoms with van der Waals surface area (Å²) in [6, 6.07) is 6.15. The van der Waals surface area contributed by atoms with Gasteiger partial charge in [-0.15, -0.1) is 11.3 Å². The minimum Gasteiger partial charge on any atom is -0.345 e. The fraction of sp³-hybridized carbons (Fsp3) is 0.444. The highest BCUT2D eigenvalue weighted by Gasteiger charge is 2.40. The monoisotopic (exact) mass is 378 g/mol. The predicted octanol–water partition coefficient (Wildman–Crippen LogP) is 3.04. The van der Waals surface area contributed by atoms with Gasteiger partial charge in [0.05, 0.1) is 22.7 Å². The van der Waals surface area contributed by atoms with Gasteiger partial charge in [-0.1, -0.05) is 23.8 Å². The summed E-state index contributed by atoms with van der Waals surface area (Å²) in [6.07, 6.45) is 0.447. The third-order valence-corrected chi connectivity index (χ3v) is 7.63. The van der Waals surface area contributed by atoms with E-state index in [0.29, 0.717) is 17.0 Å². The molecule has 0 aliphatic carbocycles. The van der Waals surface area contributed by atoms with Gasteiger partial charge in [-0.3, -0.25) is 4.79 Å². The van der Waals surface area contributed by atoms with Crippen LogP contribution in [0.3, 0.4) is 0 Å². The lowest BCUT2D eigenvalue weighted by Crippen LogP contribution is -2.46. The summed E-state index contributed by atoms with van der Waals surface area (Å²) in [6.45, 7) is 7.67. The molecule has 0 unspecified atom stereocenters. The molecular formula is C18H22N2O3S2. The molecule has 1 aromatic heterocycles. The predicted molar refractivity (Wildman–Crippen MR) is 101 cm³/mol. The molecule has 2 aromatic rings. The van der Waals surface area contributed by atoms with Crippen LogP contribution in [0, 0.1) is 20.8 Å². The van der Waals surface area contributed by atoms with Gasteiger partial charge in [0.25, 0.3) is 5.91 Å². The first-order valence-corrected chi connectivity index (χ1v) is 10.8. The summed E-state index contributed by atoms with van der Waals surface area (Å²) in [5, 5.41) is 3.72. The molecule has 7 heteroatoms. The number of benzene rings is 1. The SMILES string of the molecule is Cc1ccc(-c2nc(C)c(C(=O)N[C@@]3(C)CCS(=O)(=O)C3)s2)c(C)c1. The Morgan fingerprint density at radius 1 is 1.28 bits per heavy atom. The Bertz CT molecular complexity index is 947. The van der Waals surface area contributed by atoms with Gasteiger partial charge in [0.15, 0.2) is 9.84 Å². The molecule has 0 saturated carbocycles. The van der Waals surface area contributed by atoms with E-state index in [0.717, 1.165) is 16.1 Å². The van der Waals surface area contributed by atoms with Gasteiger partial charge < -0.3 is 5.32 Å². The van der Waals surface area contributed by atoms with Crippen LogP contribution in [-0.4, -0.2) is 36.4 Å². The quantitative estimate of drug-likeness (QED) is 0.891. The third kappa shape index (κ3) is 3.77. The van der Waals surface area contributed by atoms with Crippen LogP contribution in [0.25, 0.3) is 10.6 Å². The molecule has 25 heavy (non-hydrogen) atoms. The zero-order chi connectivity index (χ0) is 18.4. The Kier molecular flexibility index (Phi) is 4.49. The van der Waals surface area contributed by atoms with Gasteiger partial charge in [-0.2, -0.15) is 0 Å². The highest BCUT2D eigenvalue weighted by molar-refractivity contribution is 7.91. The van der Waals surface area contributed by atoms with E-state index in [1.165, 1.54) is 16.9 Å². The van der Waals surface area contributed by atoms with Crippen molar-refractivity contribution >= 4 is 27.1 Å². The molecule has 0 radical (unpaired) electrons. The number of nitrogens with one attached hydrogen (secondary N) is 1. The second-order valence-corrected chi connectivity index (χ2v) is 10.3. The Balaban J connectivity index is 1.86. The molecule has 134 valence electrons. The van der Waals surface area contributed by atoms with Crippen LogP contribution in [0.5, 0.6) is 0 Å². The number of hydrogen-bond acceptors (Lipinski definition) is 5.